The number of nitrogens with zero attached hydrogens (tertiary/aromatic N) is 1. The van der Waals surface area contributed by atoms with Gasteiger partial charge in [0, 0.05) is 23.8 Å². The summed E-state index contributed by atoms with van der Waals surface area (Å²) in [6.45, 7) is 7.17. The van der Waals surface area contributed by atoms with Gasteiger partial charge in [0.15, 0.2) is 0 Å². The maximum absolute atomic E-state index is 13.2. The number of benzene rings is 1. The van der Waals surface area contributed by atoms with E-state index >= 15 is 0 Å². The number of rotatable bonds is 5. The summed E-state index contributed by atoms with van der Waals surface area (Å²) < 4.78 is 13.2. The number of nitrogens with two attached hydrogens (primary N) is 1. The zero-order chi connectivity index (χ0) is 13.0. The standard InChI is InChI=1S/C13H19FN2S/c1-4-9(3)16(5-2)12-7-6-10(14)8-11(12)13(15)17/h6-9H,4-5H2,1-3H3,(H2,15,17). The normalized spacial score (nSPS) is 12.2. The molecular formula is C13H19FN2S. The van der Waals surface area contributed by atoms with Gasteiger partial charge in [-0.1, -0.05) is 19.1 Å². The third kappa shape index (κ3) is 3.16. The Hall–Kier alpha value is -1.16. The van der Waals surface area contributed by atoms with Gasteiger partial charge in [-0.05, 0) is 38.5 Å². The number of hydrogen-bond acceptors (Lipinski definition) is 2. The molecule has 4 heteroatoms. The molecule has 1 rings (SSSR count). The lowest BCUT2D eigenvalue weighted by molar-refractivity contribution is 0.617. The van der Waals surface area contributed by atoms with Crippen molar-refractivity contribution in [2.24, 2.45) is 5.73 Å². The molecular weight excluding hydrogens is 235 g/mol. The van der Waals surface area contributed by atoms with Crippen LogP contribution in [-0.2, 0) is 0 Å². The van der Waals surface area contributed by atoms with E-state index in [1.165, 1.54) is 12.1 Å². The molecule has 0 radical (unpaired) electrons. The molecule has 0 aliphatic carbocycles. The second-order valence-electron chi connectivity index (χ2n) is 4.07. The Bertz CT molecular complexity index is 406. The van der Waals surface area contributed by atoms with Crippen LogP contribution >= 0.6 is 12.2 Å². The van der Waals surface area contributed by atoms with Crippen LogP contribution in [0.3, 0.4) is 0 Å². The summed E-state index contributed by atoms with van der Waals surface area (Å²) in [4.78, 5) is 2.43. The molecule has 0 spiro atoms. The molecule has 0 fully saturated rings. The predicted octanol–water partition coefficient (Wildman–Crippen LogP) is 3.08. The van der Waals surface area contributed by atoms with Crippen molar-refractivity contribution in [1.82, 2.24) is 0 Å². The molecule has 0 aliphatic rings. The van der Waals surface area contributed by atoms with Crippen molar-refractivity contribution < 1.29 is 4.39 Å². The van der Waals surface area contributed by atoms with Gasteiger partial charge in [-0.25, -0.2) is 4.39 Å². The van der Waals surface area contributed by atoms with E-state index in [4.69, 9.17) is 18.0 Å². The smallest absolute Gasteiger partial charge is 0.124 e. The maximum atomic E-state index is 13.2. The average molecular weight is 254 g/mol. The minimum Gasteiger partial charge on any atom is -0.389 e. The summed E-state index contributed by atoms with van der Waals surface area (Å²) in [5.41, 5.74) is 7.18. The second kappa shape index (κ2) is 5.96. The molecule has 0 saturated heterocycles. The Balaban J connectivity index is 3.23. The van der Waals surface area contributed by atoms with Gasteiger partial charge in [0.25, 0.3) is 0 Å². The molecule has 0 aliphatic heterocycles. The monoisotopic (exact) mass is 254 g/mol. The lowest BCUT2D eigenvalue weighted by atomic mass is 10.1. The third-order valence-electron chi connectivity index (χ3n) is 3.00. The van der Waals surface area contributed by atoms with Crippen LogP contribution in [-0.4, -0.2) is 17.6 Å². The van der Waals surface area contributed by atoms with E-state index in [0.717, 1.165) is 18.7 Å². The van der Waals surface area contributed by atoms with Gasteiger partial charge in [0.05, 0.1) is 0 Å². The van der Waals surface area contributed by atoms with Crippen molar-refractivity contribution in [3.8, 4) is 0 Å². The van der Waals surface area contributed by atoms with E-state index in [1.54, 1.807) is 6.07 Å². The highest BCUT2D eigenvalue weighted by Gasteiger charge is 2.16. The summed E-state index contributed by atoms with van der Waals surface area (Å²) >= 11 is 4.98. The Morgan fingerprint density at radius 3 is 2.59 bits per heavy atom. The van der Waals surface area contributed by atoms with E-state index in [1.807, 2.05) is 0 Å². The maximum Gasteiger partial charge on any atom is 0.124 e. The largest absolute Gasteiger partial charge is 0.389 e. The zero-order valence-electron chi connectivity index (χ0n) is 10.5. The minimum absolute atomic E-state index is 0.237. The zero-order valence-corrected chi connectivity index (χ0v) is 11.4. The first-order valence-corrected chi connectivity index (χ1v) is 6.28. The van der Waals surface area contributed by atoms with E-state index in [9.17, 15) is 4.39 Å². The van der Waals surface area contributed by atoms with Crippen LogP contribution in [0.2, 0.25) is 0 Å². The minimum atomic E-state index is -0.309. The first-order valence-electron chi connectivity index (χ1n) is 5.87. The van der Waals surface area contributed by atoms with Crippen molar-refractivity contribution in [2.45, 2.75) is 33.2 Å². The fourth-order valence-electron chi connectivity index (χ4n) is 1.90. The van der Waals surface area contributed by atoms with Gasteiger partial charge in [0.2, 0.25) is 0 Å². The number of anilines is 1. The second-order valence-corrected chi connectivity index (χ2v) is 4.51. The van der Waals surface area contributed by atoms with Gasteiger partial charge < -0.3 is 10.6 Å². The molecule has 1 aromatic rings. The molecule has 0 saturated carbocycles. The van der Waals surface area contributed by atoms with Crippen LogP contribution in [0, 0.1) is 5.82 Å². The highest BCUT2D eigenvalue weighted by molar-refractivity contribution is 7.80. The molecule has 1 unspecified atom stereocenters. The van der Waals surface area contributed by atoms with Crippen LogP contribution in [0.4, 0.5) is 10.1 Å². The molecule has 0 heterocycles. The molecule has 94 valence electrons. The molecule has 0 bridgehead atoms. The highest BCUT2D eigenvalue weighted by Crippen LogP contribution is 2.24. The topological polar surface area (TPSA) is 29.3 Å². The highest BCUT2D eigenvalue weighted by atomic mass is 32.1. The number of hydrogen-bond donors (Lipinski definition) is 1. The van der Waals surface area contributed by atoms with Gasteiger partial charge in [-0.15, -0.1) is 0 Å². The van der Waals surface area contributed by atoms with Crippen LogP contribution in [0.25, 0.3) is 0 Å². The van der Waals surface area contributed by atoms with Crippen LogP contribution in [0.1, 0.15) is 32.8 Å². The first-order chi connectivity index (χ1) is 8.01. The van der Waals surface area contributed by atoms with Gasteiger partial charge in [-0.2, -0.15) is 0 Å². The fraction of sp³-hybridized carbons (Fsp3) is 0.462. The summed E-state index contributed by atoms with van der Waals surface area (Å²) in [7, 11) is 0. The summed E-state index contributed by atoms with van der Waals surface area (Å²) in [5.74, 6) is -0.309. The first kappa shape index (κ1) is 13.9. The van der Waals surface area contributed by atoms with Crippen molar-refractivity contribution in [1.29, 1.82) is 0 Å². The Morgan fingerprint density at radius 2 is 2.12 bits per heavy atom. The Morgan fingerprint density at radius 1 is 1.47 bits per heavy atom. The molecule has 1 atom stereocenters. The molecule has 0 amide bonds. The van der Waals surface area contributed by atoms with Crippen molar-refractivity contribution in [3.63, 3.8) is 0 Å². The molecule has 0 aromatic heterocycles. The quantitative estimate of drug-likeness (QED) is 0.819. The van der Waals surface area contributed by atoms with E-state index in [2.05, 4.69) is 25.7 Å². The van der Waals surface area contributed by atoms with E-state index < -0.39 is 0 Å². The third-order valence-corrected chi connectivity index (χ3v) is 3.22. The summed E-state index contributed by atoms with van der Waals surface area (Å²) in [5, 5.41) is 0. The lowest BCUT2D eigenvalue weighted by Gasteiger charge is -2.31. The van der Waals surface area contributed by atoms with Crippen LogP contribution in [0.15, 0.2) is 18.2 Å². The molecule has 17 heavy (non-hydrogen) atoms. The molecule has 2 nitrogen and oxygen atoms in total. The Kier molecular flexibility index (Phi) is 4.87. The summed E-state index contributed by atoms with van der Waals surface area (Å²) in [6, 6.07) is 4.98. The summed E-state index contributed by atoms with van der Waals surface area (Å²) in [6.07, 6.45) is 1.02. The van der Waals surface area contributed by atoms with Crippen LogP contribution in [0.5, 0.6) is 0 Å². The predicted molar refractivity (Wildman–Crippen MR) is 75.1 cm³/mol. The fourth-order valence-corrected chi connectivity index (χ4v) is 2.06. The van der Waals surface area contributed by atoms with Gasteiger partial charge >= 0.3 is 0 Å². The van der Waals surface area contributed by atoms with Crippen LogP contribution < -0.4 is 10.6 Å². The van der Waals surface area contributed by atoms with Crippen molar-refractivity contribution in [3.05, 3.63) is 29.6 Å². The lowest BCUT2D eigenvalue weighted by Crippen LogP contribution is -2.34. The molecule has 2 N–H and O–H groups in total. The van der Waals surface area contributed by atoms with Crippen molar-refractivity contribution >= 4 is 22.9 Å². The van der Waals surface area contributed by atoms with E-state index in [-0.39, 0.29) is 10.8 Å². The number of halogens is 1. The number of thiocarbonyl (C=S) groups is 1. The van der Waals surface area contributed by atoms with E-state index in [0.29, 0.717) is 11.6 Å². The SMILES string of the molecule is CCC(C)N(CC)c1ccc(F)cc1C(N)=S. The average Bonchev–Trinajstić information content (AvgIpc) is 2.31. The Labute approximate surface area is 108 Å². The van der Waals surface area contributed by atoms with Gasteiger partial charge in [-0.3, -0.25) is 0 Å². The van der Waals surface area contributed by atoms with Gasteiger partial charge in [0.1, 0.15) is 10.8 Å². The molecule has 1 aromatic carbocycles. The van der Waals surface area contributed by atoms with Crippen molar-refractivity contribution in [2.75, 3.05) is 11.4 Å².